The highest BCUT2D eigenvalue weighted by atomic mass is 16.2. The van der Waals surface area contributed by atoms with Crippen LogP contribution in [-0.2, 0) is 9.59 Å². The summed E-state index contributed by atoms with van der Waals surface area (Å²) in [5.41, 5.74) is 7.17. The standard InChI is InChI=1S/C20H18N4O3/c1-13(25)15-4-3-5-18(10-15)23-20(27)16(11-21)12-24(14(2)26)19-8-6-17(22)7-9-19/h3-10,12H,22H2,1-2H3,(H,23,27)/b16-12-. The van der Waals surface area contributed by atoms with Crippen molar-refractivity contribution in [1.82, 2.24) is 0 Å². The zero-order valence-electron chi connectivity index (χ0n) is 14.9. The van der Waals surface area contributed by atoms with E-state index in [0.29, 0.717) is 22.6 Å². The number of benzene rings is 2. The van der Waals surface area contributed by atoms with Crippen LogP contribution in [0.4, 0.5) is 17.1 Å². The summed E-state index contributed by atoms with van der Waals surface area (Å²) in [6, 6.07) is 14.6. The highest BCUT2D eigenvalue weighted by molar-refractivity contribution is 6.08. The number of ketones is 1. The van der Waals surface area contributed by atoms with E-state index in [2.05, 4.69) is 5.32 Å². The Morgan fingerprint density at radius 3 is 2.33 bits per heavy atom. The fraction of sp³-hybridized carbons (Fsp3) is 0.100. The van der Waals surface area contributed by atoms with Gasteiger partial charge >= 0.3 is 0 Å². The van der Waals surface area contributed by atoms with E-state index >= 15 is 0 Å². The number of rotatable bonds is 5. The number of nitrogens with two attached hydrogens (primary N) is 1. The lowest BCUT2D eigenvalue weighted by Gasteiger charge is -2.17. The number of nitriles is 1. The summed E-state index contributed by atoms with van der Waals surface area (Å²) in [5, 5.41) is 11.9. The van der Waals surface area contributed by atoms with Crippen LogP contribution in [0.3, 0.4) is 0 Å². The first-order valence-electron chi connectivity index (χ1n) is 8.01. The molecule has 0 bridgehead atoms. The summed E-state index contributed by atoms with van der Waals surface area (Å²) in [5.74, 6) is -1.22. The summed E-state index contributed by atoms with van der Waals surface area (Å²) < 4.78 is 0. The fourth-order valence-electron chi connectivity index (χ4n) is 2.26. The number of Topliss-reactive ketones (excluding diaryl/α,β-unsaturated/α-hetero) is 1. The van der Waals surface area contributed by atoms with Crippen molar-refractivity contribution in [3.05, 3.63) is 65.9 Å². The molecule has 136 valence electrons. The van der Waals surface area contributed by atoms with Crippen LogP contribution in [-0.4, -0.2) is 17.6 Å². The van der Waals surface area contributed by atoms with Gasteiger partial charge in [-0.2, -0.15) is 5.26 Å². The highest BCUT2D eigenvalue weighted by Crippen LogP contribution is 2.19. The van der Waals surface area contributed by atoms with Gasteiger partial charge in [0.05, 0.1) is 0 Å². The minimum Gasteiger partial charge on any atom is -0.399 e. The van der Waals surface area contributed by atoms with Gasteiger partial charge in [-0.3, -0.25) is 19.3 Å². The zero-order chi connectivity index (χ0) is 20.0. The lowest BCUT2D eigenvalue weighted by atomic mass is 10.1. The van der Waals surface area contributed by atoms with Gasteiger partial charge in [0, 0.05) is 35.7 Å². The summed E-state index contributed by atoms with van der Waals surface area (Å²) in [7, 11) is 0. The molecule has 0 aliphatic heterocycles. The normalized spacial score (nSPS) is 10.6. The molecule has 0 fully saturated rings. The predicted molar refractivity (Wildman–Crippen MR) is 103 cm³/mol. The lowest BCUT2D eigenvalue weighted by Crippen LogP contribution is -2.25. The van der Waals surface area contributed by atoms with E-state index < -0.39 is 5.91 Å². The van der Waals surface area contributed by atoms with Crippen molar-refractivity contribution < 1.29 is 14.4 Å². The lowest BCUT2D eigenvalue weighted by molar-refractivity contribution is -0.116. The van der Waals surface area contributed by atoms with E-state index in [9.17, 15) is 19.6 Å². The molecule has 7 nitrogen and oxygen atoms in total. The van der Waals surface area contributed by atoms with E-state index in [1.807, 2.05) is 0 Å². The Hall–Kier alpha value is -3.92. The summed E-state index contributed by atoms with van der Waals surface area (Å²) >= 11 is 0. The van der Waals surface area contributed by atoms with Crippen molar-refractivity contribution in [3.63, 3.8) is 0 Å². The Labute approximate surface area is 156 Å². The van der Waals surface area contributed by atoms with Gasteiger partial charge in [0.2, 0.25) is 5.91 Å². The van der Waals surface area contributed by atoms with Crippen molar-refractivity contribution in [2.75, 3.05) is 16.0 Å². The molecule has 0 atom stereocenters. The number of nitrogen functional groups attached to an aromatic ring is 1. The van der Waals surface area contributed by atoms with Crippen LogP contribution in [0.25, 0.3) is 0 Å². The van der Waals surface area contributed by atoms with Crippen molar-refractivity contribution in [2.24, 2.45) is 0 Å². The van der Waals surface area contributed by atoms with Crippen molar-refractivity contribution in [1.29, 1.82) is 5.26 Å². The smallest absolute Gasteiger partial charge is 0.267 e. The number of nitrogens with one attached hydrogen (secondary N) is 1. The van der Waals surface area contributed by atoms with E-state index in [1.54, 1.807) is 48.5 Å². The molecular formula is C20H18N4O3. The third-order valence-corrected chi connectivity index (χ3v) is 3.66. The van der Waals surface area contributed by atoms with Crippen LogP contribution in [0.1, 0.15) is 24.2 Å². The SMILES string of the molecule is CC(=O)c1cccc(NC(=O)/C(C#N)=C\N(C(C)=O)c2ccc(N)cc2)c1. The van der Waals surface area contributed by atoms with E-state index in [-0.39, 0.29) is 17.3 Å². The van der Waals surface area contributed by atoms with Gasteiger partial charge in [-0.25, -0.2) is 0 Å². The summed E-state index contributed by atoms with van der Waals surface area (Å²) in [6.07, 6.45) is 1.16. The van der Waals surface area contributed by atoms with Gasteiger partial charge in [0.15, 0.2) is 5.78 Å². The third-order valence-electron chi connectivity index (χ3n) is 3.66. The average molecular weight is 362 g/mol. The number of hydrogen-bond acceptors (Lipinski definition) is 5. The predicted octanol–water partition coefficient (Wildman–Crippen LogP) is 2.87. The Bertz CT molecular complexity index is 956. The second-order valence-electron chi connectivity index (χ2n) is 5.73. The molecule has 0 heterocycles. The molecule has 0 saturated carbocycles. The molecule has 0 radical (unpaired) electrons. The van der Waals surface area contributed by atoms with E-state index in [1.165, 1.54) is 24.8 Å². The quantitative estimate of drug-likeness (QED) is 0.367. The first kappa shape index (κ1) is 19.4. The molecule has 0 aliphatic rings. The minimum atomic E-state index is -0.695. The van der Waals surface area contributed by atoms with Gasteiger partial charge in [-0.05, 0) is 43.3 Å². The van der Waals surface area contributed by atoms with Crippen LogP contribution in [0.2, 0.25) is 0 Å². The molecule has 2 aromatic rings. The van der Waals surface area contributed by atoms with Gasteiger partial charge in [-0.1, -0.05) is 12.1 Å². The topological polar surface area (TPSA) is 116 Å². The monoisotopic (exact) mass is 362 g/mol. The molecule has 0 aromatic heterocycles. The Morgan fingerprint density at radius 2 is 1.78 bits per heavy atom. The van der Waals surface area contributed by atoms with Gasteiger partial charge in [0.1, 0.15) is 11.6 Å². The van der Waals surface area contributed by atoms with Crippen molar-refractivity contribution >= 4 is 34.7 Å². The first-order chi connectivity index (χ1) is 12.8. The maximum atomic E-state index is 12.4. The maximum absolute atomic E-state index is 12.4. The molecule has 2 aromatic carbocycles. The third kappa shape index (κ3) is 5.03. The molecule has 2 amide bonds. The first-order valence-corrected chi connectivity index (χ1v) is 8.01. The molecule has 2 rings (SSSR count). The fourth-order valence-corrected chi connectivity index (χ4v) is 2.26. The van der Waals surface area contributed by atoms with Crippen molar-refractivity contribution in [3.8, 4) is 6.07 Å². The number of carbonyl (C=O) groups excluding carboxylic acids is 3. The molecular weight excluding hydrogens is 344 g/mol. The number of amides is 2. The van der Waals surface area contributed by atoms with Crippen LogP contribution in [0.5, 0.6) is 0 Å². The molecule has 0 unspecified atom stereocenters. The Morgan fingerprint density at radius 1 is 1.11 bits per heavy atom. The van der Waals surface area contributed by atoms with E-state index in [4.69, 9.17) is 5.73 Å². The Balaban J connectivity index is 2.30. The molecule has 0 aliphatic carbocycles. The van der Waals surface area contributed by atoms with Crippen LogP contribution >= 0.6 is 0 Å². The molecule has 0 spiro atoms. The number of hydrogen-bond donors (Lipinski definition) is 2. The minimum absolute atomic E-state index is 0.145. The van der Waals surface area contributed by atoms with Crippen molar-refractivity contribution in [2.45, 2.75) is 13.8 Å². The highest BCUT2D eigenvalue weighted by Gasteiger charge is 2.16. The van der Waals surface area contributed by atoms with Gasteiger partial charge < -0.3 is 11.1 Å². The molecule has 3 N–H and O–H groups in total. The number of carbonyl (C=O) groups is 3. The van der Waals surface area contributed by atoms with Gasteiger partial charge in [-0.15, -0.1) is 0 Å². The number of nitrogens with zero attached hydrogens (tertiary/aromatic N) is 2. The van der Waals surface area contributed by atoms with E-state index in [0.717, 1.165) is 6.20 Å². The summed E-state index contributed by atoms with van der Waals surface area (Å²) in [6.45, 7) is 2.73. The van der Waals surface area contributed by atoms with Gasteiger partial charge in [0.25, 0.3) is 5.91 Å². The average Bonchev–Trinajstić information content (AvgIpc) is 2.63. The zero-order valence-corrected chi connectivity index (χ0v) is 14.9. The summed E-state index contributed by atoms with van der Waals surface area (Å²) in [4.78, 5) is 37.0. The molecule has 7 heteroatoms. The van der Waals surface area contributed by atoms with Crippen LogP contribution in [0.15, 0.2) is 60.3 Å². The van der Waals surface area contributed by atoms with Crippen LogP contribution in [0, 0.1) is 11.3 Å². The second-order valence-corrected chi connectivity index (χ2v) is 5.73. The number of anilines is 3. The largest absolute Gasteiger partial charge is 0.399 e. The Kier molecular flexibility index (Phi) is 6.07. The second kappa shape index (κ2) is 8.45. The maximum Gasteiger partial charge on any atom is 0.267 e. The molecule has 27 heavy (non-hydrogen) atoms. The van der Waals surface area contributed by atoms with Crippen LogP contribution < -0.4 is 16.0 Å². The molecule has 0 saturated heterocycles.